The SMILES string of the molecule is Cc1cc(-c2ccon2)nc2c(C(=O)O)ncn12. The molecule has 0 amide bonds. The van der Waals surface area contributed by atoms with Gasteiger partial charge in [0.25, 0.3) is 0 Å². The zero-order chi connectivity index (χ0) is 12.7. The van der Waals surface area contributed by atoms with Crippen LogP contribution in [0.2, 0.25) is 0 Å². The molecule has 0 spiro atoms. The summed E-state index contributed by atoms with van der Waals surface area (Å²) >= 11 is 0. The van der Waals surface area contributed by atoms with Crippen LogP contribution in [-0.4, -0.2) is 30.6 Å². The highest BCUT2D eigenvalue weighted by molar-refractivity contribution is 5.92. The van der Waals surface area contributed by atoms with Gasteiger partial charge in [-0.25, -0.2) is 14.8 Å². The third kappa shape index (κ3) is 1.45. The van der Waals surface area contributed by atoms with Crippen molar-refractivity contribution in [1.82, 2.24) is 19.5 Å². The fourth-order valence-corrected chi connectivity index (χ4v) is 1.75. The van der Waals surface area contributed by atoms with Gasteiger partial charge in [0.15, 0.2) is 11.3 Å². The molecule has 0 saturated carbocycles. The van der Waals surface area contributed by atoms with Crippen molar-refractivity contribution in [2.75, 3.05) is 0 Å². The van der Waals surface area contributed by atoms with Crippen LogP contribution in [0.25, 0.3) is 17.0 Å². The molecular weight excluding hydrogens is 236 g/mol. The zero-order valence-electron chi connectivity index (χ0n) is 9.36. The second-order valence-corrected chi connectivity index (χ2v) is 3.76. The van der Waals surface area contributed by atoms with E-state index in [9.17, 15) is 4.79 Å². The molecule has 0 saturated heterocycles. The summed E-state index contributed by atoms with van der Waals surface area (Å²) in [6.07, 6.45) is 2.87. The van der Waals surface area contributed by atoms with E-state index in [2.05, 4.69) is 15.1 Å². The monoisotopic (exact) mass is 244 g/mol. The van der Waals surface area contributed by atoms with E-state index in [1.54, 1.807) is 16.5 Å². The lowest BCUT2D eigenvalue weighted by molar-refractivity contribution is 0.0693. The minimum absolute atomic E-state index is 0.0801. The van der Waals surface area contributed by atoms with Crippen molar-refractivity contribution >= 4 is 11.6 Å². The van der Waals surface area contributed by atoms with E-state index in [0.717, 1.165) is 5.69 Å². The van der Waals surface area contributed by atoms with Gasteiger partial charge in [-0.15, -0.1) is 0 Å². The van der Waals surface area contributed by atoms with E-state index in [0.29, 0.717) is 17.0 Å². The van der Waals surface area contributed by atoms with Crippen LogP contribution in [0.15, 0.2) is 29.2 Å². The Morgan fingerprint density at radius 1 is 1.44 bits per heavy atom. The first-order chi connectivity index (χ1) is 8.66. The molecule has 7 nitrogen and oxygen atoms in total. The summed E-state index contributed by atoms with van der Waals surface area (Å²) in [7, 11) is 0. The van der Waals surface area contributed by atoms with Crippen LogP contribution in [0.3, 0.4) is 0 Å². The van der Waals surface area contributed by atoms with Gasteiger partial charge in [0.05, 0.1) is 5.69 Å². The van der Waals surface area contributed by atoms with E-state index >= 15 is 0 Å². The van der Waals surface area contributed by atoms with Crippen molar-refractivity contribution in [2.24, 2.45) is 0 Å². The fraction of sp³-hybridized carbons (Fsp3) is 0.0909. The maximum Gasteiger partial charge on any atom is 0.358 e. The van der Waals surface area contributed by atoms with Crippen LogP contribution < -0.4 is 0 Å². The molecular formula is C11H8N4O3. The highest BCUT2D eigenvalue weighted by atomic mass is 16.5. The van der Waals surface area contributed by atoms with E-state index in [1.807, 2.05) is 6.92 Å². The first-order valence-corrected chi connectivity index (χ1v) is 5.15. The summed E-state index contributed by atoms with van der Waals surface area (Å²) < 4.78 is 6.37. The Bertz CT molecular complexity index is 730. The van der Waals surface area contributed by atoms with Gasteiger partial charge >= 0.3 is 5.97 Å². The normalized spacial score (nSPS) is 10.9. The molecule has 3 rings (SSSR count). The fourth-order valence-electron chi connectivity index (χ4n) is 1.75. The summed E-state index contributed by atoms with van der Waals surface area (Å²) in [5, 5.41) is 12.8. The number of fused-ring (bicyclic) bond motifs is 1. The summed E-state index contributed by atoms with van der Waals surface area (Å²) in [5.74, 6) is -1.11. The average molecular weight is 244 g/mol. The molecule has 0 unspecified atom stereocenters. The predicted molar refractivity (Wildman–Crippen MR) is 60.2 cm³/mol. The summed E-state index contributed by atoms with van der Waals surface area (Å²) in [6, 6.07) is 3.45. The number of carboxylic acids is 1. The molecule has 0 radical (unpaired) electrons. The lowest BCUT2D eigenvalue weighted by atomic mass is 10.2. The molecule has 90 valence electrons. The second kappa shape index (κ2) is 3.66. The predicted octanol–water partition coefficient (Wildman–Crippen LogP) is 1.39. The lowest BCUT2D eigenvalue weighted by Crippen LogP contribution is -2.01. The van der Waals surface area contributed by atoms with Crippen molar-refractivity contribution in [3.8, 4) is 11.4 Å². The molecule has 0 aliphatic rings. The highest BCUT2D eigenvalue weighted by Crippen LogP contribution is 2.19. The largest absolute Gasteiger partial charge is 0.476 e. The van der Waals surface area contributed by atoms with Crippen LogP contribution in [0, 0.1) is 6.92 Å². The molecule has 0 aromatic carbocycles. The molecule has 7 heteroatoms. The number of imidazole rings is 1. The number of aromatic nitrogens is 4. The number of nitrogens with zero attached hydrogens (tertiary/aromatic N) is 4. The molecule has 0 aliphatic heterocycles. The average Bonchev–Trinajstić information content (AvgIpc) is 2.97. The van der Waals surface area contributed by atoms with Gasteiger partial charge in [0, 0.05) is 11.8 Å². The van der Waals surface area contributed by atoms with Crippen LogP contribution in [-0.2, 0) is 0 Å². The Morgan fingerprint density at radius 2 is 2.28 bits per heavy atom. The highest BCUT2D eigenvalue weighted by Gasteiger charge is 2.16. The summed E-state index contributed by atoms with van der Waals surface area (Å²) in [6.45, 7) is 1.84. The molecule has 3 heterocycles. The van der Waals surface area contributed by atoms with E-state index in [4.69, 9.17) is 9.63 Å². The lowest BCUT2D eigenvalue weighted by Gasteiger charge is -2.02. The summed E-state index contributed by atoms with van der Waals surface area (Å²) in [5.41, 5.74) is 2.14. The minimum Gasteiger partial charge on any atom is -0.476 e. The third-order valence-electron chi connectivity index (χ3n) is 2.60. The van der Waals surface area contributed by atoms with Crippen LogP contribution in [0.4, 0.5) is 0 Å². The van der Waals surface area contributed by atoms with Gasteiger partial charge in [-0.1, -0.05) is 5.16 Å². The van der Waals surface area contributed by atoms with Crippen molar-refractivity contribution in [1.29, 1.82) is 0 Å². The van der Waals surface area contributed by atoms with Gasteiger partial charge in [0.1, 0.15) is 18.3 Å². The Hall–Kier alpha value is -2.70. The number of rotatable bonds is 2. The Morgan fingerprint density at radius 3 is 2.94 bits per heavy atom. The second-order valence-electron chi connectivity index (χ2n) is 3.76. The molecule has 3 aromatic heterocycles. The standard InChI is InChI=1S/C11H8N4O3/c1-6-4-8(7-2-3-18-14-7)13-10-9(11(16)17)12-5-15(6)10/h2-5H,1H3,(H,16,17). The van der Waals surface area contributed by atoms with Crippen LogP contribution in [0.1, 0.15) is 16.2 Å². The maximum atomic E-state index is 11.0. The van der Waals surface area contributed by atoms with E-state index in [-0.39, 0.29) is 5.69 Å². The smallest absolute Gasteiger partial charge is 0.358 e. The first kappa shape index (κ1) is 10.5. The number of carboxylic acid groups (broad SMARTS) is 1. The number of aromatic carboxylic acids is 1. The molecule has 1 N–H and O–H groups in total. The van der Waals surface area contributed by atoms with Gasteiger partial charge in [-0.3, -0.25) is 4.40 Å². The van der Waals surface area contributed by atoms with E-state index < -0.39 is 5.97 Å². The molecule has 3 aromatic rings. The molecule has 18 heavy (non-hydrogen) atoms. The Kier molecular flexibility index (Phi) is 2.12. The van der Waals surface area contributed by atoms with E-state index in [1.165, 1.54) is 12.6 Å². The third-order valence-corrected chi connectivity index (χ3v) is 2.60. The number of hydrogen-bond acceptors (Lipinski definition) is 5. The molecule has 0 aliphatic carbocycles. The molecule has 0 fully saturated rings. The summed E-state index contributed by atoms with van der Waals surface area (Å²) in [4.78, 5) is 19.1. The quantitative estimate of drug-likeness (QED) is 0.732. The maximum absolute atomic E-state index is 11.0. The minimum atomic E-state index is -1.11. The van der Waals surface area contributed by atoms with Gasteiger partial charge < -0.3 is 9.63 Å². The van der Waals surface area contributed by atoms with Crippen molar-refractivity contribution in [2.45, 2.75) is 6.92 Å². The van der Waals surface area contributed by atoms with Gasteiger partial charge in [-0.2, -0.15) is 0 Å². The van der Waals surface area contributed by atoms with Crippen molar-refractivity contribution in [3.63, 3.8) is 0 Å². The Labute approximate surface area is 101 Å². The zero-order valence-corrected chi connectivity index (χ0v) is 9.36. The van der Waals surface area contributed by atoms with Gasteiger partial charge in [-0.05, 0) is 13.0 Å². The number of carbonyl (C=O) groups is 1. The number of aryl methyl sites for hydroxylation is 1. The number of hydrogen-bond donors (Lipinski definition) is 1. The first-order valence-electron chi connectivity index (χ1n) is 5.15. The van der Waals surface area contributed by atoms with Gasteiger partial charge in [0.2, 0.25) is 0 Å². The molecule has 0 atom stereocenters. The van der Waals surface area contributed by atoms with Crippen molar-refractivity contribution in [3.05, 3.63) is 36.1 Å². The molecule has 0 bridgehead atoms. The van der Waals surface area contributed by atoms with Crippen LogP contribution >= 0.6 is 0 Å². The van der Waals surface area contributed by atoms with Crippen LogP contribution in [0.5, 0.6) is 0 Å². The topological polar surface area (TPSA) is 93.5 Å². The Balaban J connectivity index is 2.31. The van der Waals surface area contributed by atoms with Crippen molar-refractivity contribution < 1.29 is 14.4 Å².